The predicted octanol–water partition coefficient (Wildman–Crippen LogP) is 1.44. The number of carbonyl (C=O) groups excluding carboxylic acids is 1. The van der Waals surface area contributed by atoms with Gasteiger partial charge in [-0.25, -0.2) is 0 Å². The molecule has 18 heavy (non-hydrogen) atoms. The number of hydrogen-bond acceptors (Lipinski definition) is 3. The van der Waals surface area contributed by atoms with Crippen LogP contribution in [0.2, 0.25) is 0 Å². The summed E-state index contributed by atoms with van der Waals surface area (Å²) in [6, 6.07) is 0.178. The molecule has 1 saturated heterocycles. The molecule has 0 spiro atoms. The third kappa shape index (κ3) is 3.04. The molecule has 4 heteroatoms. The van der Waals surface area contributed by atoms with Gasteiger partial charge in [-0.05, 0) is 38.5 Å². The van der Waals surface area contributed by atoms with Gasteiger partial charge < -0.3 is 15.8 Å². The average Bonchev–Trinajstić information content (AvgIpc) is 2.33. The van der Waals surface area contributed by atoms with Crippen LogP contribution in [-0.2, 0) is 9.53 Å². The van der Waals surface area contributed by atoms with Gasteiger partial charge in [0.25, 0.3) is 0 Å². The van der Waals surface area contributed by atoms with Crippen LogP contribution in [-0.4, -0.2) is 30.7 Å². The molecule has 3 atom stereocenters. The van der Waals surface area contributed by atoms with Crippen LogP contribution in [0.3, 0.4) is 0 Å². The number of ether oxygens (including phenoxy) is 1. The third-order valence-electron chi connectivity index (χ3n) is 4.72. The van der Waals surface area contributed by atoms with Crippen molar-refractivity contribution < 1.29 is 9.53 Å². The molecule has 4 nitrogen and oxygen atoms in total. The fourth-order valence-corrected chi connectivity index (χ4v) is 3.10. The van der Waals surface area contributed by atoms with Crippen molar-refractivity contribution in [2.75, 3.05) is 13.2 Å². The van der Waals surface area contributed by atoms with Crippen molar-refractivity contribution >= 4 is 5.91 Å². The first-order valence-electron chi connectivity index (χ1n) is 7.17. The van der Waals surface area contributed by atoms with Gasteiger partial charge in [-0.15, -0.1) is 0 Å². The van der Waals surface area contributed by atoms with Gasteiger partial charge in [0, 0.05) is 30.7 Å². The molecule has 1 heterocycles. The molecule has 1 saturated carbocycles. The SMILES string of the molecule is CC1C(N)CCCC1C(=O)NC1(C)CCOCC1. The number of amides is 1. The van der Waals surface area contributed by atoms with E-state index in [0.29, 0.717) is 5.92 Å². The highest BCUT2D eigenvalue weighted by molar-refractivity contribution is 5.80. The molecule has 2 rings (SSSR count). The molecule has 0 aromatic rings. The highest BCUT2D eigenvalue weighted by atomic mass is 16.5. The van der Waals surface area contributed by atoms with Gasteiger partial charge >= 0.3 is 0 Å². The number of nitrogens with one attached hydrogen (secondary N) is 1. The summed E-state index contributed by atoms with van der Waals surface area (Å²) in [5.74, 6) is 0.581. The summed E-state index contributed by atoms with van der Waals surface area (Å²) in [4.78, 5) is 12.4. The van der Waals surface area contributed by atoms with Crippen LogP contribution < -0.4 is 11.1 Å². The van der Waals surface area contributed by atoms with E-state index in [0.717, 1.165) is 45.3 Å². The maximum atomic E-state index is 12.4. The largest absolute Gasteiger partial charge is 0.381 e. The highest BCUT2D eigenvalue weighted by Crippen LogP contribution is 2.30. The molecule has 0 radical (unpaired) electrons. The van der Waals surface area contributed by atoms with E-state index in [1.54, 1.807) is 0 Å². The lowest BCUT2D eigenvalue weighted by Crippen LogP contribution is -2.54. The van der Waals surface area contributed by atoms with Crippen LogP contribution in [0.15, 0.2) is 0 Å². The summed E-state index contributed by atoms with van der Waals surface area (Å²) in [5, 5.41) is 3.24. The fraction of sp³-hybridized carbons (Fsp3) is 0.929. The van der Waals surface area contributed by atoms with Crippen LogP contribution in [0.25, 0.3) is 0 Å². The smallest absolute Gasteiger partial charge is 0.223 e. The van der Waals surface area contributed by atoms with Crippen LogP contribution in [0.1, 0.15) is 46.0 Å². The standard InChI is InChI=1S/C14H26N2O2/c1-10-11(4-3-5-12(10)15)13(17)16-14(2)6-8-18-9-7-14/h10-12H,3-9,15H2,1-2H3,(H,16,17). The Bertz CT molecular complexity index is 300. The van der Waals surface area contributed by atoms with Gasteiger partial charge in [0.2, 0.25) is 5.91 Å². The highest BCUT2D eigenvalue weighted by Gasteiger charge is 2.36. The molecule has 0 aromatic carbocycles. The van der Waals surface area contributed by atoms with Gasteiger partial charge in [-0.2, -0.15) is 0 Å². The minimum atomic E-state index is -0.0867. The maximum Gasteiger partial charge on any atom is 0.223 e. The second-order valence-corrected chi connectivity index (χ2v) is 6.22. The van der Waals surface area contributed by atoms with Gasteiger partial charge in [0.1, 0.15) is 0 Å². The normalized spacial score (nSPS) is 36.1. The van der Waals surface area contributed by atoms with E-state index in [9.17, 15) is 4.79 Å². The predicted molar refractivity (Wildman–Crippen MR) is 71.1 cm³/mol. The lowest BCUT2D eigenvalue weighted by molar-refractivity contribution is -0.130. The molecule has 1 aliphatic carbocycles. The first-order chi connectivity index (χ1) is 8.52. The average molecular weight is 254 g/mol. The molecule has 1 aliphatic heterocycles. The Morgan fingerprint density at radius 3 is 2.67 bits per heavy atom. The Morgan fingerprint density at radius 2 is 2.00 bits per heavy atom. The molecule has 2 aliphatic rings. The minimum Gasteiger partial charge on any atom is -0.381 e. The van der Waals surface area contributed by atoms with Crippen molar-refractivity contribution in [3.05, 3.63) is 0 Å². The Morgan fingerprint density at radius 1 is 1.33 bits per heavy atom. The van der Waals surface area contributed by atoms with Gasteiger partial charge in [0.15, 0.2) is 0 Å². The summed E-state index contributed by atoms with van der Waals surface area (Å²) < 4.78 is 5.36. The van der Waals surface area contributed by atoms with Crippen molar-refractivity contribution in [2.24, 2.45) is 17.6 Å². The molecule has 1 amide bonds. The third-order valence-corrected chi connectivity index (χ3v) is 4.72. The molecule has 3 unspecified atom stereocenters. The Kier molecular flexibility index (Phi) is 4.28. The zero-order valence-corrected chi connectivity index (χ0v) is 11.6. The lowest BCUT2D eigenvalue weighted by Gasteiger charge is -2.38. The molecule has 2 fully saturated rings. The van der Waals surface area contributed by atoms with E-state index in [1.807, 2.05) is 0 Å². The first kappa shape index (κ1) is 13.8. The second kappa shape index (κ2) is 5.57. The maximum absolute atomic E-state index is 12.4. The number of rotatable bonds is 2. The van der Waals surface area contributed by atoms with E-state index in [1.165, 1.54) is 0 Å². The summed E-state index contributed by atoms with van der Waals surface area (Å²) in [6.07, 6.45) is 4.92. The Balaban J connectivity index is 1.94. The van der Waals surface area contributed by atoms with Crippen molar-refractivity contribution in [3.63, 3.8) is 0 Å². The zero-order chi connectivity index (χ0) is 13.2. The molecular weight excluding hydrogens is 228 g/mol. The van der Waals surface area contributed by atoms with Gasteiger partial charge in [-0.1, -0.05) is 13.3 Å². The van der Waals surface area contributed by atoms with Crippen molar-refractivity contribution in [2.45, 2.75) is 57.5 Å². The van der Waals surface area contributed by atoms with E-state index >= 15 is 0 Å². The molecular formula is C14H26N2O2. The summed E-state index contributed by atoms with van der Waals surface area (Å²) in [5.41, 5.74) is 5.99. The van der Waals surface area contributed by atoms with Crippen LogP contribution in [0.5, 0.6) is 0 Å². The van der Waals surface area contributed by atoms with Crippen molar-refractivity contribution in [1.29, 1.82) is 0 Å². The monoisotopic (exact) mass is 254 g/mol. The number of nitrogens with two attached hydrogens (primary N) is 1. The summed E-state index contributed by atoms with van der Waals surface area (Å²) >= 11 is 0. The number of hydrogen-bond donors (Lipinski definition) is 2. The molecule has 104 valence electrons. The van der Waals surface area contributed by atoms with E-state index < -0.39 is 0 Å². The number of carbonyl (C=O) groups is 1. The quantitative estimate of drug-likeness (QED) is 0.783. The fourth-order valence-electron chi connectivity index (χ4n) is 3.10. The Labute approximate surface area is 110 Å². The molecule has 0 bridgehead atoms. The van der Waals surface area contributed by atoms with Crippen LogP contribution in [0.4, 0.5) is 0 Å². The topological polar surface area (TPSA) is 64.4 Å². The van der Waals surface area contributed by atoms with Crippen molar-refractivity contribution in [1.82, 2.24) is 5.32 Å². The van der Waals surface area contributed by atoms with E-state index in [-0.39, 0.29) is 23.4 Å². The van der Waals surface area contributed by atoms with Gasteiger partial charge in [0.05, 0.1) is 0 Å². The van der Waals surface area contributed by atoms with Crippen LogP contribution in [0, 0.1) is 11.8 Å². The molecule has 0 aromatic heterocycles. The van der Waals surface area contributed by atoms with Gasteiger partial charge in [-0.3, -0.25) is 4.79 Å². The van der Waals surface area contributed by atoms with E-state index in [2.05, 4.69) is 19.2 Å². The second-order valence-electron chi connectivity index (χ2n) is 6.22. The van der Waals surface area contributed by atoms with Crippen LogP contribution >= 0.6 is 0 Å². The first-order valence-corrected chi connectivity index (χ1v) is 7.17. The molecule has 3 N–H and O–H groups in total. The van der Waals surface area contributed by atoms with E-state index in [4.69, 9.17) is 10.5 Å². The zero-order valence-electron chi connectivity index (χ0n) is 11.6. The summed E-state index contributed by atoms with van der Waals surface area (Å²) in [6.45, 7) is 5.73. The lowest BCUT2D eigenvalue weighted by atomic mass is 9.76. The summed E-state index contributed by atoms with van der Waals surface area (Å²) in [7, 11) is 0. The Hall–Kier alpha value is -0.610. The minimum absolute atomic E-state index is 0.0867. The van der Waals surface area contributed by atoms with Crippen molar-refractivity contribution in [3.8, 4) is 0 Å².